The number of nitrogens with zero attached hydrogens (tertiary/aromatic N) is 4. The number of hydrogen-bond acceptors (Lipinski definition) is 8. The first kappa shape index (κ1) is 21.2. The number of ether oxygens (including phenoxy) is 1. The fourth-order valence-electron chi connectivity index (χ4n) is 3.75. The maximum absolute atomic E-state index is 10.6. The number of hydrogen-bond donors (Lipinski definition) is 1. The number of aromatic nitrogens is 3. The monoisotopic (exact) mass is 418 g/mol. The Kier molecular flexibility index (Phi) is 5.94. The van der Waals surface area contributed by atoms with Crippen molar-refractivity contribution in [1.82, 2.24) is 20.2 Å². The lowest BCUT2D eigenvalue weighted by Crippen LogP contribution is -2.33. The molecule has 0 aliphatic carbocycles. The highest BCUT2D eigenvalue weighted by Gasteiger charge is 2.51. The Hall–Kier alpha value is -2.47. The van der Waals surface area contributed by atoms with Gasteiger partial charge in [-0.2, -0.15) is 18.2 Å². The van der Waals surface area contributed by atoms with Crippen LogP contribution in [0.4, 0.5) is 13.2 Å². The van der Waals surface area contributed by atoms with E-state index in [1.165, 1.54) is 0 Å². The number of halogens is 3. The van der Waals surface area contributed by atoms with Crippen molar-refractivity contribution >= 4 is 5.97 Å². The Morgan fingerprint density at radius 2 is 2.07 bits per heavy atom. The molecule has 12 heteroatoms. The van der Waals surface area contributed by atoms with Crippen molar-refractivity contribution in [2.24, 2.45) is 11.3 Å². The standard InChI is InChI=1S/C15H20N4O3.C2HF3O2/c1-10-3-13(18-21-10)6-19-5-12-7-20-9-15(12,8-19)4-14-16-11(2)17-22-14;3-2(4,5)1(6)7/h3,12H,4-9H2,1-2H3;(H,6,7)/t12-,15+;/m1./s1. The van der Waals surface area contributed by atoms with Crippen molar-refractivity contribution in [3.8, 4) is 0 Å². The van der Waals surface area contributed by atoms with E-state index < -0.39 is 12.1 Å². The van der Waals surface area contributed by atoms with Gasteiger partial charge in [0.15, 0.2) is 5.82 Å². The molecule has 4 rings (SSSR count). The quantitative estimate of drug-likeness (QED) is 0.796. The Balaban J connectivity index is 0.000000298. The van der Waals surface area contributed by atoms with Crippen LogP contribution in [0.15, 0.2) is 15.1 Å². The second kappa shape index (κ2) is 8.11. The van der Waals surface area contributed by atoms with Crippen LogP contribution < -0.4 is 0 Å². The predicted molar refractivity (Wildman–Crippen MR) is 89.7 cm³/mol. The van der Waals surface area contributed by atoms with E-state index in [4.69, 9.17) is 23.7 Å². The van der Waals surface area contributed by atoms with Crippen LogP contribution in [0.2, 0.25) is 0 Å². The molecular formula is C17H21F3N4O5. The van der Waals surface area contributed by atoms with Gasteiger partial charge < -0.3 is 18.9 Å². The van der Waals surface area contributed by atoms with Crippen molar-refractivity contribution in [1.29, 1.82) is 0 Å². The molecule has 0 unspecified atom stereocenters. The third-order valence-electron chi connectivity index (χ3n) is 4.97. The average Bonchev–Trinajstić information content (AvgIpc) is 3.34. The predicted octanol–water partition coefficient (Wildman–Crippen LogP) is 2.00. The van der Waals surface area contributed by atoms with E-state index in [0.717, 1.165) is 50.7 Å². The summed E-state index contributed by atoms with van der Waals surface area (Å²) in [6, 6.07) is 2.00. The highest BCUT2D eigenvalue weighted by Crippen LogP contribution is 2.44. The number of carboxylic acids is 1. The molecule has 2 aromatic rings. The number of likely N-dealkylation sites (tertiary alicyclic amines) is 1. The van der Waals surface area contributed by atoms with Crippen LogP contribution in [0, 0.1) is 25.2 Å². The van der Waals surface area contributed by atoms with E-state index in [1.54, 1.807) is 0 Å². The van der Waals surface area contributed by atoms with Crippen molar-refractivity contribution in [2.45, 2.75) is 33.0 Å². The Labute approximate surface area is 163 Å². The summed E-state index contributed by atoms with van der Waals surface area (Å²) in [5.74, 6) is 0.0101. The molecule has 2 saturated heterocycles. The van der Waals surface area contributed by atoms with Gasteiger partial charge in [-0.1, -0.05) is 10.3 Å². The molecule has 1 N–H and O–H groups in total. The highest BCUT2D eigenvalue weighted by molar-refractivity contribution is 5.73. The molecular weight excluding hydrogens is 397 g/mol. The molecule has 2 fully saturated rings. The highest BCUT2D eigenvalue weighted by atomic mass is 19.4. The normalized spacial score (nSPS) is 24.2. The molecule has 0 amide bonds. The Morgan fingerprint density at radius 3 is 2.62 bits per heavy atom. The van der Waals surface area contributed by atoms with Gasteiger partial charge in [-0.3, -0.25) is 4.90 Å². The van der Waals surface area contributed by atoms with Crippen LogP contribution in [0.1, 0.15) is 23.2 Å². The molecule has 4 heterocycles. The second-order valence-electron chi connectivity index (χ2n) is 7.39. The Bertz CT molecular complexity index is 852. The van der Waals surface area contributed by atoms with Crippen LogP contribution in [0.5, 0.6) is 0 Å². The van der Waals surface area contributed by atoms with Gasteiger partial charge >= 0.3 is 12.1 Å². The molecule has 0 radical (unpaired) electrons. The smallest absolute Gasteiger partial charge is 0.475 e. The van der Waals surface area contributed by atoms with Gasteiger partial charge in [-0.05, 0) is 13.8 Å². The lowest BCUT2D eigenvalue weighted by molar-refractivity contribution is -0.192. The number of rotatable bonds is 4. The molecule has 0 spiro atoms. The minimum Gasteiger partial charge on any atom is -0.475 e. The molecule has 0 bridgehead atoms. The number of aryl methyl sites for hydroxylation is 2. The number of alkyl halides is 3. The van der Waals surface area contributed by atoms with E-state index >= 15 is 0 Å². The molecule has 0 saturated carbocycles. The first-order chi connectivity index (χ1) is 13.6. The molecule has 9 nitrogen and oxygen atoms in total. The molecule has 2 atom stereocenters. The van der Waals surface area contributed by atoms with Gasteiger partial charge in [0.2, 0.25) is 5.89 Å². The minimum absolute atomic E-state index is 0.0811. The van der Waals surface area contributed by atoms with Gasteiger partial charge in [0, 0.05) is 43.5 Å². The van der Waals surface area contributed by atoms with Gasteiger partial charge in [0.25, 0.3) is 0 Å². The van der Waals surface area contributed by atoms with Gasteiger partial charge in [-0.25, -0.2) is 4.79 Å². The second-order valence-corrected chi connectivity index (χ2v) is 7.39. The summed E-state index contributed by atoms with van der Waals surface area (Å²) in [4.78, 5) is 15.7. The first-order valence-electron chi connectivity index (χ1n) is 8.89. The van der Waals surface area contributed by atoms with Crippen LogP contribution in [0.3, 0.4) is 0 Å². The minimum atomic E-state index is -5.08. The zero-order chi connectivity index (χ0) is 21.2. The van der Waals surface area contributed by atoms with Gasteiger partial charge in [-0.15, -0.1) is 0 Å². The van der Waals surface area contributed by atoms with E-state index in [-0.39, 0.29) is 5.41 Å². The van der Waals surface area contributed by atoms with Gasteiger partial charge in [0.1, 0.15) is 5.76 Å². The number of aliphatic carboxylic acids is 1. The van der Waals surface area contributed by atoms with Crippen molar-refractivity contribution in [2.75, 3.05) is 26.3 Å². The fourth-order valence-corrected chi connectivity index (χ4v) is 3.75. The summed E-state index contributed by atoms with van der Waals surface area (Å²) in [5, 5.41) is 15.1. The zero-order valence-electron chi connectivity index (χ0n) is 15.9. The van der Waals surface area contributed by atoms with Crippen LogP contribution in [-0.4, -0.2) is 63.8 Å². The summed E-state index contributed by atoms with van der Waals surface area (Å²) in [6.07, 6.45) is -4.30. The summed E-state index contributed by atoms with van der Waals surface area (Å²) in [6.45, 7) is 8.13. The van der Waals surface area contributed by atoms with E-state index in [2.05, 4.69) is 20.2 Å². The Morgan fingerprint density at radius 1 is 1.34 bits per heavy atom. The maximum atomic E-state index is 10.6. The average molecular weight is 418 g/mol. The topological polar surface area (TPSA) is 115 Å². The molecule has 2 aliphatic rings. The summed E-state index contributed by atoms with van der Waals surface area (Å²) in [7, 11) is 0. The fraction of sp³-hybridized carbons (Fsp3) is 0.647. The molecule has 2 aromatic heterocycles. The number of carboxylic acid groups (broad SMARTS) is 1. The SMILES string of the molecule is Cc1noc(C[C@]23COC[C@H]2CN(Cc2cc(C)on2)C3)n1.O=C(O)C(F)(F)F. The third kappa shape index (κ3) is 5.12. The van der Waals surface area contributed by atoms with Gasteiger partial charge in [0.05, 0.1) is 18.9 Å². The lowest BCUT2D eigenvalue weighted by Gasteiger charge is -2.25. The van der Waals surface area contributed by atoms with Crippen LogP contribution >= 0.6 is 0 Å². The van der Waals surface area contributed by atoms with Crippen molar-refractivity contribution in [3.63, 3.8) is 0 Å². The summed E-state index contributed by atoms with van der Waals surface area (Å²) in [5.41, 5.74) is 1.07. The van der Waals surface area contributed by atoms with E-state index in [9.17, 15) is 13.2 Å². The molecule has 0 aromatic carbocycles. The van der Waals surface area contributed by atoms with E-state index in [0.29, 0.717) is 17.6 Å². The first-order valence-corrected chi connectivity index (χ1v) is 8.89. The number of fused-ring (bicyclic) bond motifs is 1. The number of carbonyl (C=O) groups is 1. The summed E-state index contributed by atoms with van der Waals surface area (Å²) >= 11 is 0. The van der Waals surface area contributed by atoms with Crippen molar-refractivity contribution in [3.05, 3.63) is 29.2 Å². The molecule has 160 valence electrons. The third-order valence-corrected chi connectivity index (χ3v) is 4.97. The zero-order valence-corrected chi connectivity index (χ0v) is 15.9. The van der Waals surface area contributed by atoms with Crippen molar-refractivity contribution < 1.29 is 36.9 Å². The largest absolute Gasteiger partial charge is 0.490 e. The summed E-state index contributed by atoms with van der Waals surface area (Å²) < 4.78 is 48.0. The maximum Gasteiger partial charge on any atom is 0.490 e. The van der Waals surface area contributed by atoms with Crippen LogP contribution in [0.25, 0.3) is 0 Å². The molecule has 2 aliphatic heterocycles. The van der Waals surface area contributed by atoms with Crippen LogP contribution in [-0.2, 0) is 22.5 Å². The molecule has 29 heavy (non-hydrogen) atoms. The van der Waals surface area contributed by atoms with E-state index in [1.807, 2.05) is 19.9 Å². The lowest BCUT2D eigenvalue weighted by atomic mass is 9.78.